The van der Waals surface area contributed by atoms with Crippen LogP contribution in [0, 0.1) is 11.3 Å². The van der Waals surface area contributed by atoms with Crippen molar-refractivity contribution >= 4 is 11.7 Å². The van der Waals surface area contributed by atoms with E-state index < -0.39 is 5.97 Å². The Morgan fingerprint density at radius 3 is 2.94 bits per heavy atom. The van der Waals surface area contributed by atoms with Crippen molar-refractivity contribution < 1.29 is 9.90 Å². The van der Waals surface area contributed by atoms with Gasteiger partial charge < -0.3 is 10.0 Å². The topological polar surface area (TPSA) is 64.3 Å². The maximum absolute atomic E-state index is 10.7. The van der Waals surface area contributed by atoms with Gasteiger partial charge in [-0.05, 0) is 18.2 Å². The fourth-order valence-corrected chi connectivity index (χ4v) is 1.35. The fraction of sp³-hybridized carbons (Fsp3) is 0.167. The number of aliphatic carboxylic acids is 1. The fourth-order valence-electron chi connectivity index (χ4n) is 1.35. The number of carboxylic acids is 1. The van der Waals surface area contributed by atoms with E-state index in [0.29, 0.717) is 17.8 Å². The molecular weight excluding hydrogens is 204 g/mol. The number of anilines is 1. The number of rotatable bonds is 5. The molecule has 0 saturated heterocycles. The van der Waals surface area contributed by atoms with Crippen molar-refractivity contribution in [3.63, 3.8) is 0 Å². The van der Waals surface area contributed by atoms with Gasteiger partial charge in [-0.1, -0.05) is 12.1 Å². The Morgan fingerprint density at radius 2 is 2.38 bits per heavy atom. The monoisotopic (exact) mass is 216 g/mol. The molecule has 0 unspecified atom stereocenters. The first kappa shape index (κ1) is 11.8. The molecule has 1 rings (SSSR count). The van der Waals surface area contributed by atoms with Crippen LogP contribution in [0.25, 0.3) is 0 Å². The zero-order valence-electron chi connectivity index (χ0n) is 8.76. The number of hydrogen-bond acceptors (Lipinski definition) is 3. The summed E-state index contributed by atoms with van der Waals surface area (Å²) in [5, 5.41) is 17.5. The van der Waals surface area contributed by atoms with E-state index in [0.717, 1.165) is 0 Å². The van der Waals surface area contributed by atoms with Gasteiger partial charge in [0.15, 0.2) is 0 Å². The molecule has 0 atom stereocenters. The first-order valence-electron chi connectivity index (χ1n) is 4.75. The van der Waals surface area contributed by atoms with E-state index in [1.807, 2.05) is 6.07 Å². The van der Waals surface area contributed by atoms with Crippen LogP contribution in [0.5, 0.6) is 0 Å². The van der Waals surface area contributed by atoms with Crippen LogP contribution >= 0.6 is 0 Å². The molecule has 0 radical (unpaired) electrons. The van der Waals surface area contributed by atoms with E-state index in [1.54, 1.807) is 35.2 Å². The molecule has 1 N–H and O–H groups in total. The number of benzene rings is 1. The van der Waals surface area contributed by atoms with E-state index in [1.165, 1.54) is 0 Å². The molecule has 0 saturated carbocycles. The highest BCUT2D eigenvalue weighted by Crippen LogP contribution is 2.15. The quantitative estimate of drug-likeness (QED) is 0.760. The number of carbonyl (C=O) groups is 1. The van der Waals surface area contributed by atoms with E-state index in [2.05, 4.69) is 6.58 Å². The lowest BCUT2D eigenvalue weighted by Gasteiger charge is -2.21. The lowest BCUT2D eigenvalue weighted by atomic mass is 10.2. The molecule has 1 aromatic rings. The molecule has 0 bridgehead atoms. The zero-order chi connectivity index (χ0) is 12.0. The Balaban J connectivity index is 2.96. The number of carboxylic acid groups (broad SMARTS) is 1. The van der Waals surface area contributed by atoms with E-state index >= 15 is 0 Å². The molecule has 82 valence electrons. The van der Waals surface area contributed by atoms with Gasteiger partial charge in [0.1, 0.15) is 6.54 Å². The second-order valence-corrected chi connectivity index (χ2v) is 3.23. The highest BCUT2D eigenvalue weighted by Gasteiger charge is 2.09. The molecular formula is C12H12N2O2. The van der Waals surface area contributed by atoms with Gasteiger partial charge in [0, 0.05) is 12.2 Å². The van der Waals surface area contributed by atoms with Crippen molar-refractivity contribution in [3.05, 3.63) is 42.5 Å². The average molecular weight is 216 g/mol. The third-order valence-electron chi connectivity index (χ3n) is 2.02. The Hall–Kier alpha value is -2.28. The highest BCUT2D eigenvalue weighted by atomic mass is 16.4. The normalized spacial score (nSPS) is 9.19. The van der Waals surface area contributed by atoms with Crippen molar-refractivity contribution in [2.24, 2.45) is 0 Å². The molecule has 0 spiro atoms. The molecule has 1 aromatic carbocycles. The summed E-state index contributed by atoms with van der Waals surface area (Å²) in [4.78, 5) is 12.3. The average Bonchev–Trinajstić information content (AvgIpc) is 2.28. The van der Waals surface area contributed by atoms with E-state index in [-0.39, 0.29) is 6.54 Å². The van der Waals surface area contributed by atoms with Crippen LogP contribution in [0.2, 0.25) is 0 Å². The molecule has 0 heterocycles. The number of hydrogen-bond donors (Lipinski definition) is 1. The Morgan fingerprint density at radius 1 is 1.62 bits per heavy atom. The van der Waals surface area contributed by atoms with Crippen LogP contribution in [0.3, 0.4) is 0 Å². The summed E-state index contributed by atoms with van der Waals surface area (Å²) in [6.07, 6.45) is 1.63. The molecule has 0 aliphatic carbocycles. The van der Waals surface area contributed by atoms with Gasteiger partial charge in [-0.25, -0.2) is 0 Å². The zero-order valence-corrected chi connectivity index (χ0v) is 8.76. The Labute approximate surface area is 94.0 Å². The molecule has 0 fully saturated rings. The van der Waals surface area contributed by atoms with Crippen LogP contribution < -0.4 is 4.90 Å². The smallest absolute Gasteiger partial charge is 0.323 e. The molecule has 0 amide bonds. The highest BCUT2D eigenvalue weighted by molar-refractivity contribution is 5.74. The molecule has 16 heavy (non-hydrogen) atoms. The third-order valence-corrected chi connectivity index (χ3v) is 2.02. The summed E-state index contributed by atoms with van der Waals surface area (Å²) >= 11 is 0. The van der Waals surface area contributed by atoms with Gasteiger partial charge in [0.2, 0.25) is 0 Å². The standard InChI is InChI=1S/C12H12N2O2/c1-2-6-14(9-12(15)16)11-5-3-4-10(7-11)8-13/h2-5,7H,1,6,9H2,(H,15,16). The summed E-state index contributed by atoms with van der Waals surface area (Å²) in [6, 6.07) is 8.85. The lowest BCUT2D eigenvalue weighted by Crippen LogP contribution is -2.29. The van der Waals surface area contributed by atoms with Crippen LogP contribution in [0.15, 0.2) is 36.9 Å². The van der Waals surface area contributed by atoms with Crippen molar-refractivity contribution in [1.82, 2.24) is 0 Å². The summed E-state index contributed by atoms with van der Waals surface area (Å²) in [5.41, 5.74) is 1.22. The lowest BCUT2D eigenvalue weighted by molar-refractivity contribution is -0.135. The SMILES string of the molecule is C=CCN(CC(=O)O)c1cccc(C#N)c1. The third kappa shape index (κ3) is 3.14. The summed E-state index contributed by atoms with van der Waals surface area (Å²) < 4.78 is 0. The minimum absolute atomic E-state index is 0.110. The largest absolute Gasteiger partial charge is 0.480 e. The Kier molecular flexibility index (Phi) is 4.10. The first-order chi connectivity index (χ1) is 7.67. The van der Waals surface area contributed by atoms with Crippen LogP contribution in [0.1, 0.15) is 5.56 Å². The minimum Gasteiger partial charge on any atom is -0.480 e. The summed E-state index contributed by atoms with van der Waals surface area (Å²) in [7, 11) is 0. The van der Waals surface area contributed by atoms with Crippen LogP contribution in [-0.2, 0) is 4.79 Å². The van der Waals surface area contributed by atoms with Crippen LogP contribution in [0.4, 0.5) is 5.69 Å². The van der Waals surface area contributed by atoms with E-state index in [9.17, 15) is 4.79 Å². The van der Waals surface area contributed by atoms with Crippen molar-refractivity contribution in [2.75, 3.05) is 18.0 Å². The van der Waals surface area contributed by atoms with E-state index in [4.69, 9.17) is 10.4 Å². The maximum Gasteiger partial charge on any atom is 0.323 e. The molecule has 0 aromatic heterocycles. The van der Waals surface area contributed by atoms with Crippen molar-refractivity contribution in [3.8, 4) is 6.07 Å². The number of nitriles is 1. The predicted molar refractivity (Wildman–Crippen MR) is 61.2 cm³/mol. The van der Waals surface area contributed by atoms with Crippen molar-refractivity contribution in [1.29, 1.82) is 5.26 Å². The van der Waals surface area contributed by atoms with Gasteiger partial charge in [0.25, 0.3) is 0 Å². The molecule has 4 heteroatoms. The Bertz CT molecular complexity index is 435. The summed E-state index contributed by atoms with van der Waals surface area (Å²) in [5.74, 6) is -0.913. The second-order valence-electron chi connectivity index (χ2n) is 3.23. The predicted octanol–water partition coefficient (Wildman–Crippen LogP) is 1.64. The van der Waals surface area contributed by atoms with Gasteiger partial charge in [-0.15, -0.1) is 6.58 Å². The number of nitrogens with zero attached hydrogens (tertiary/aromatic N) is 2. The molecule has 0 aliphatic heterocycles. The van der Waals surface area contributed by atoms with Gasteiger partial charge >= 0.3 is 5.97 Å². The molecule has 4 nitrogen and oxygen atoms in total. The minimum atomic E-state index is -0.913. The van der Waals surface area contributed by atoms with Crippen molar-refractivity contribution in [2.45, 2.75) is 0 Å². The second kappa shape index (κ2) is 5.56. The van der Waals surface area contributed by atoms with Gasteiger partial charge in [-0.3, -0.25) is 4.79 Å². The van der Waals surface area contributed by atoms with Crippen LogP contribution in [-0.4, -0.2) is 24.2 Å². The van der Waals surface area contributed by atoms with Gasteiger partial charge in [0.05, 0.1) is 11.6 Å². The molecule has 0 aliphatic rings. The first-order valence-corrected chi connectivity index (χ1v) is 4.75. The maximum atomic E-state index is 10.7. The van der Waals surface area contributed by atoms with Gasteiger partial charge in [-0.2, -0.15) is 5.26 Å². The summed E-state index contributed by atoms with van der Waals surface area (Å²) in [6.45, 7) is 3.90.